The number of aromatic nitrogens is 4. The molecular formula is C9H14BrN5S. The van der Waals surface area contributed by atoms with Crippen LogP contribution in [-0.2, 0) is 5.41 Å². The van der Waals surface area contributed by atoms with E-state index >= 15 is 0 Å². The number of thiazole rings is 1. The third-order valence-corrected chi connectivity index (χ3v) is 2.84. The SMILES string of the molecule is Br.CC(C)(C)c1nc(N)sc1-n1cncn1. The van der Waals surface area contributed by atoms with E-state index in [0.29, 0.717) is 5.13 Å². The number of halogens is 1. The van der Waals surface area contributed by atoms with Crippen LogP contribution in [0.1, 0.15) is 26.5 Å². The van der Waals surface area contributed by atoms with Crippen LogP contribution in [0, 0.1) is 0 Å². The summed E-state index contributed by atoms with van der Waals surface area (Å²) in [7, 11) is 0. The van der Waals surface area contributed by atoms with Crippen molar-refractivity contribution in [3.63, 3.8) is 0 Å². The minimum absolute atomic E-state index is 0. The number of nitrogens with zero attached hydrogens (tertiary/aromatic N) is 4. The molecule has 0 radical (unpaired) electrons. The van der Waals surface area contributed by atoms with Gasteiger partial charge in [-0.3, -0.25) is 0 Å². The quantitative estimate of drug-likeness (QED) is 0.876. The maximum Gasteiger partial charge on any atom is 0.182 e. The summed E-state index contributed by atoms with van der Waals surface area (Å²) in [4.78, 5) is 8.27. The van der Waals surface area contributed by atoms with Crippen LogP contribution >= 0.6 is 28.3 Å². The first-order chi connectivity index (χ1) is 6.98. The molecule has 0 amide bonds. The molecule has 0 aromatic carbocycles. The number of rotatable bonds is 1. The molecule has 2 rings (SSSR count). The lowest BCUT2D eigenvalue weighted by Crippen LogP contribution is -2.15. The Bertz CT molecular complexity index is 457. The second kappa shape index (κ2) is 4.50. The normalized spacial score (nSPS) is 11.2. The minimum Gasteiger partial charge on any atom is -0.375 e. The summed E-state index contributed by atoms with van der Waals surface area (Å²) >= 11 is 1.43. The van der Waals surface area contributed by atoms with Gasteiger partial charge in [-0.1, -0.05) is 32.1 Å². The molecule has 2 aromatic heterocycles. The summed E-state index contributed by atoms with van der Waals surface area (Å²) in [5.74, 6) is 0. The Morgan fingerprint density at radius 3 is 2.56 bits per heavy atom. The number of nitrogen functional groups attached to an aromatic ring is 1. The van der Waals surface area contributed by atoms with Gasteiger partial charge in [0.25, 0.3) is 0 Å². The number of hydrogen-bond acceptors (Lipinski definition) is 5. The molecule has 0 saturated heterocycles. The van der Waals surface area contributed by atoms with E-state index in [-0.39, 0.29) is 22.4 Å². The highest BCUT2D eigenvalue weighted by Gasteiger charge is 2.24. The number of hydrogen-bond donors (Lipinski definition) is 1. The van der Waals surface area contributed by atoms with Gasteiger partial charge in [-0.15, -0.1) is 17.0 Å². The van der Waals surface area contributed by atoms with Crippen molar-refractivity contribution in [2.45, 2.75) is 26.2 Å². The summed E-state index contributed by atoms with van der Waals surface area (Å²) in [5.41, 5.74) is 6.64. The summed E-state index contributed by atoms with van der Waals surface area (Å²) in [6.07, 6.45) is 3.16. The van der Waals surface area contributed by atoms with Crippen LogP contribution in [0.25, 0.3) is 5.00 Å². The smallest absolute Gasteiger partial charge is 0.182 e. The van der Waals surface area contributed by atoms with Gasteiger partial charge < -0.3 is 5.73 Å². The zero-order chi connectivity index (χ0) is 11.1. The fourth-order valence-corrected chi connectivity index (χ4v) is 2.26. The third-order valence-electron chi connectivity index (χ3n) is 1.96. The van der Waals surface area contributed by atoms with E-state index in [0.717, 1.165) is 10.7 Å². The predicted molar refractivity (Wildman–Crippen MR) is 70.5 cm³/mol. The van der Waals surface area contributed by atoms with Crippen molar-refractivity contribution < 1.29 is 0 Å². The Morgan fingerprint density at radius 2 is 2.06 bits per heavy atom. The van der Waals surface area contributed by atoms with Crippen LogP contribution in [0.5, 0.6) is 0 Å². The fraction of sp³-hybridized carbons (Fsp3) is 0.444. The lowest BCUT2D eigenvalue weighted by molar-refractivity contribution is 0.568. The molecule has 0 aliphatic heterocycles. The van der Waals surface area contributed by atoms with Gasteiger partial charge in [-0.05, 0) is 0 Å². The molecule has 0 saturated carbocycles. The second-order valence-electron chi connectivity index (χ2n) is 4.30. The van der Waals surface area contributed by atoms with Crippen LogP contribution < -0.4 is 5.73 Å². The molecule has 0 aliphatic rings. The van der Waals surface area contributed by atoms with Gasteiger partial charge in [-0.25, -0.2) is 14.6 Å². The van der Waals surface area contributed by atoms with Gasteiger partial charge in [0, 0.05) is 5.41 Å². The van der Waals surface area contributed by atoms with Crippen molar-refractivity contribution in [3.8, 4) is 5.00 Å². The summed E-state index contributed by atoms with van der Waals surface area (Å²) in [5, 5.41) is 5.60. The van der Waals surface area contributed by atoms with Gasteiger partial charge in [-0.2, -0.15) is 5.10 Å². The van der Waals surface area contributed by atoms with Gasteiger partial charge in [0.2, 0.25) is 0 Å². The Labute approximate surface area is 108 Å². The highest BCUT2D eigenvalue weighted by atomic mass is 79.9. The fourth-order valence-electron chi connectivity index (χ4n) is 1.29. The molecule has 5 nitrogen and oxygen atoms in total. The minimum atomic E-state index is -0.0462. The third kappa shape index (κ3) is 2.41. The van der Waals surface area contributed by atoms with Crippen molar-refractivity contribution in [2.24, 2.45) is 0 Å². The Hall–Kier alpha value is -0.950. The molecule has 0 spiro atoms. The van der Waals surface area contributed by atoms with E-state index in [1.54, 1.807) is 11.0 Å². The van der Waals surface area contributed by atoms with E-state index in [2.05, 4.69) is 35.8 Å². The van der Waals surface area contributed by atoms with Crippen LogP contribution in [0.2, 0.25) is 0 Å². The van der Waals surface area contributed by atoms with Crippen molar-refractivity contribution in [1.29, 1.82) is 0 Å². The maximum absolute atomic E-state index is 5.73. The zero-order valence-corrected chi connectivity index (χ0v) is 11.9. The average molecular weight is 304 g/mol. The first-order valence-electron chi connectivity index (χ1n) is 4.60. The van der Waals surface area contributed by atoms with Crippen LogP contribution in [0.3, 0.4) is 0 Å². The molecule has 16 heavy (non-hydrogen) atoms. The highest BCUT2D eigenvalue weighted by molar-refractivity contribution is 8.93. The van der Waals surface area contributed by atoms with Crippen molar-refractivity contribution in [1.82, 2.24) is 19.7 Å². The highest BCUT2D eigenvalue weighted by Crippen LogP contribution is 2.32. The molecule has 2 aromatic rings. The van der Waals surface area contributed by atoms with Crippen LogP contribution in [0.4, 0.5) is 5.13 Å². The topological polar surface area (TPSA) is 69.6 Å². The zero-order valence-electron chi connectivity index (χ0n) is 9.34. The summed E-state index contributed by atoms with van der Waals surface area (Å²) in [6, 6.07) is 0. The summed E-state index contributed by atoms with van der Waals surface area (Å²) in [6.45, 7) is 6.30. The van der Waals surface area contributed by atoms with Gasteiger partial charge in [0.05, 0.1) is 5.69 Å². The van der Waals surface area contributed by atoms with E-state index < -0.39 is 0 Å². The van der Waals surface area contributed by atoms with Crippen molar-refractivity contribution >= 4 is 33.4 Å². The molecule has 2 heterocycles. The summed E-state index contributed by atoms with van der Waals surface area (Å²) < 4.78 is 1.70. The van der Waals surface area contributed by atoms with E-state index in [9.17, 15) is 0 Å². The molecular weight excluding hydrogens is 290 g/mol. The molecule has 7 heteroatoms. The molecule has 88 valence electrons. The van der Waals surface area contributed by atoms with Crippen molar-refractivity contribution in [2.75, 3.05) is 5.73 Å². The number of anilines is 1. The number of nitrogens with two attached hydrogens (primary N) is 1. The van der Waals surface area contributed by atoms with Crippen LogP contribution in [-0.4, -0.2) is 19.7 Å². The molecule has 0 unspecified atom stereocenters. The lowest BCUT2D eigenvalue weighted by Gasteiger charge is -2.16. The molecule has 2 N–H and O–H groups in total. The average Bonchev–Trinajstić information content (AvgIpc) is 2.68. The Balaban J connectivity index is 0.00000128. The molecule has 0 fully saturated rings. The largest absolute Gasteiger partial charge is 0.375 e. The predicted octanol–water partition coefficient (Wildman–Crippen LogP) is 2.18. The van der Waals surface area contributed by atoms with E-state index in [1.807, 2.05) is 0 Å². The van der Waals surface area contributed by atoms with E-state index in [1.165, 1.54) is 17.7 Å². The first-order valence-corrected chi connectivity index (χ1v) is 5.42. The van der Waals surface area contributed by atoms with Crippen LogP contribution in [0.15, 0.2) is 12.7 Å². The second-order valence-corrected chi connectivity index (χ2v) is 5.31. The molecule has 0 bridgehead atoms. The Morgan fingerprint density at radius 1 is 1.38 bits per heavy atom. The monoisotopic (exact) mass is 303 g/mol. The molecule has 0 atom stereocenters. The van der Waals surface area contributed by atoms with Crippen molar-refractivity contribution in [3.05, 3.63) is 18.3 Å². The lowest BCUT2D eigenvalue weighted by atomic mass is 9.92. The van der Waals surface area contributed by atoms with Gasteiger partial charge in [0.1, 0.15) is 17.7 Å². The van der Waals surface area contributed by atoms with Gasteiger partial charge in [0.15, 0.2) is 5.13 Å². The standard InChI is InChI=1S/C9H13N5S.BrH/c1-9(2,3)6-7(15-8(10)13-6)14-5-11-4-12-14;/h4-5H,1-3H3,(H2,10,13);1H. The first kappa shape index (κ1) is 13.1. The van der Waals surface area contributed by atoms with E-state index in [4.69, 9.17) is 5.73 Å². The Kier molecular flexibility index (Phi) is 3.69. The maximum atomic E-state index is 5.73. The van der Waals surface area contributed by atoms with Gasteiger partial charge >= 0.3 is 0 Å². The molecule has 0 aliphatic carbocycles.